The highest BCUT2D eigenvalue weighted by Crippen LogP contribution is 2.21. The van der Waals surface area contributed by atoms with E-state index in [9.17, 15) is 14.4 Å². The van der Waals surface area contributed by atoms with E-state index < -0.39 is 10.9 Å². The molecule has 1 saturated heterocycles. The summed E-state index contributed by atoms with van der Waals surface area (Å²) in [5.41, 5.74) is -0.252. The molecule has 0 radical (unpaired) electrons. The van der Waals surface area contributed by atoms with Crippen LogP contribution in [0.1, 0.15) is 0 Å². The summed E-state index contributed by atoms with van der Waals surface area (Å²) in [6.07, 6.45) is 0.789. The third kappa shape index (κ3) is 3.40. The number of piperazine rings is 1. The molecular formula is C13H19N3O5. The molecule has 1 heterocycles. The first-order valence-electron chi connectivity index (χ1n) is 6.89. The minimum atomic E-state index is -0.509. The smallest absolute Gasteiger partial charge is 0.253 e. The monoisotopic (exact) mass is 297 g/mol. The van der Waals surface area contributed by atoms with Gasteiger partial charge >= 0.3 is 0 Å². The number of hydrogen-bond donors (Lipinski definition) is 2. The van der Waals surface area contributed by atoms with Gasteiger partial charge in [-0.2, -0.15) is 0 Å². The molecule has 1 amide bonds. The van der Waals surface area contributed by atoms with Crippen molar-refractivity contribution in [1.29, 1.82) is 0 Å². The van der Waals surface area contributed by atoms with Gasteiger partial charge in [-0.15, -0.1) is 0 Å². The van der Waals surface area contributed by atoms with Crippen LogP contribution in [0.25, 0.3) is 0 Å². The number of nitrogens with zero attached hydrogens (tertiary/aromatic N) is 2. The Labute approximate surface area is 121 Å². The van der Waals surface area contributed by atoms with Crippen molar-refractivity contribution in [3.63, 3.8) is 0 Å². The molecule has 1 fully saturated rings. The lowest BCUT2D eigenvalue weighted by Crippen LogP contribution is -2.51. The van der Waals surface area contributed by atoms with Crippen LogP contribution in [0.2, 0.25) is 0 Å². The fourth-order valence-corrected chi connectivity index (χ4v) is 2.31. The summed E-state index contributed by atoms with van der Waals surface area (Å²) < 4.78 is 5.08. The van der Waals surface area contributed by atoms with Crippen molar-refractivity contribution in [2.45, 2.75) is 0 Å². The molecule has 21 heavy (non-hydrogen) atoms. The highest BCUT2D eigenvalue weighted by molar-refractivity contribution is 5.75. The van der Waals surface area contributed by atoms with Crippen molar-refractivity contribution >= 4 is 17.8 Å². The zero-order chi connectivity index (χ0) is 15.2. The molecule has 1 aromatic rings. The fraction of sp³-hybridized carbons (Fsp3) is 0.615. The molecule has 1 aliphatic rings. The zero-order valence-corrected chi connectivity index (χ0v) is 11.7. The topological polar surface area (TPSA) is 99.2 Å². The van der Waals surface area contributed by atoms with Gasteiger partial charge in [0, 0.05) is 32.7 Å². The number of aliphatic hydroxyl groups is 1. The number of hydrogen-bond acceptors (Lipinski definition) is 7. The van der Waals surface area contributed by atoms with Gasteiger partial charge in [0.15, 0.2) is 0 Å². The summed E-state index contributed by atoms with van der Waals surface area (Å²) in [5.74, 6) is 0. The molecule has 0 saturated carbocycles. The van der Waals surface area contributed by atoms with Gasteiger partial charge in [0.2, 0.25) is 6.41 Å². The number of carbonyl (C=O) groups is 1. The van der Waals surface area contributed by atoms with E-state index in [1.165, 1.54) is 0 Å². The Hall–Kier alpha value is -1.93. The molecule has 0 bridgehead atoms. The van der Waals surface area contributed by atoms with E-state index in [1.807, 2.05) is 4.90 Å². The highest BCUT2D eigenvalue weighted by Gasteiger charge is 2.27. The predicted molar refractivity (Wildman–Crippen MR) is 77.6 cm³/mol. The Bertz CT molecular complexity index is 544. The largest absolute Gasteiger partial charge is 0.394 e. The normalized spacial score (nSPS) is 15.5. The average molecular weight is 297 g/mol. The van der Waals surface area contributed by atoms with E-state index in [4.69, 9.17) is 9.84 Å². The predicted octanol–water partition coefficient (Wildman–Crippen LogP) is -2.02. The second-order valence-electron chi connectivity index (χ2n) is 4.77. The number of carbonyl (C=O) groups excluding carboxylic acids is 1. The van der Waals surface area contributed by atoms with Crippen molar-refractivity contribution in [3.05, 3.63) is 20.4 Å². The van der Waals surface area contributed by atoms with Crippen LogP contribution in [0.4, 0.5) is 11.4 Å². The second-order valence-corrected chi connectivity index (χ2v) is 4.77. The van der Waals surface area contributed by atoms with Gasteiger partial charge in [0.1, 0.15) is 11.4 Å². The summed E-state index contributed by atoms with van der Waals surface area (Å²) >= 11 is 0. The van der Waals surface area contributed by atoms with Gasteiger partial charge in [0.05, 0.1) is 19.8 Å². The van der Waals surface area contributed by atoms with E-state index in [0.717, 1.165) is 6.41 Å². The maximum atomic E-state index is 11.7. The van der Waals surface area contributed by atoms with E-state index in [-0.39, 0.29) is 13.2 Å². The number of rotatable bonds is 8. The van der Waals surface area contributed by atoms with Crippen LogP contribution in [0, 0.1) is 0 Å². The van der Waals surface area contributed by atoms with Crippen LogP contribution in [0.15, 0.2) is 9.59 Å². The summed E-state index contributed by atoms with van der Waals surface area (Å²) in [6, 6.07) is 0. The van der Waals surface area contributed by atoms with E-state index in [0.29, 0.717) is 50.7 Å². The van der Waals surface area contributed by atoms with Crippen molar-refractivity contribution in [3.8, 4) is 0 Å². The molecule has 8 heteroatoms. The molecule has 2 N–H and O–H groups in total. The van der Waals surface area contributed by atoms with Gasteiger partial charge < -0.3 is 25.0 Å². The number of anilines is 2. The molecule has 2 rings (SSSR count). The molecule has 116 valence electrons. The Kier molecular flexibility index (Phi) is 5.29. The van der Waals surface area contributed by atoms with Gasteiger partial charge in [-0.1, -0.05) is 0 Å². The standard InChI is InChI=1S/C13H19N3O5/c17-6-8-21-7-1-14-10-11(13(20)12(10)19)16-4-2-15(9-18)3-5-16/h9,14,17H,1-8H2. The van der Waals surface area contributed by atoms with Gasteiger partial charge in [-0.3, -0.25) is 14.4 Å². The van der Waals surface area contributed by atoms with Gasteiger partial charge in [-0.25, -0.2) is 0 Å². The van der Waals surface area contributed by atoms with Crippen LogP contribution < -0.4 is 21.1 Å². The quantitative estimate of drug-likeness (QED) is 0.325. The minimum absolute atomic E-state index is 0.0492. The Morgan fingerprint density at radius 3 is 2.48 bits per heavy atom. The van der Waals surface area contributed by atoms with Crippen LogP contribution >= 0.6 is 0 Å². The molecule has 0 spiro atoms. The molecule has 0 atom stereocenters. The van der Waals surface area contributed by atoms with Crippen molar-refractivity contribution < 1.29 is 14.6 Å². The van der Waals surface area contributed by atoms with E-state index >= 15 is 0 Å². The molecule has 0 aromatic heterocycles. The first-order chi connectivity index (χ1) is 10.2. The lowest BCUT2D eigenvalue weighted by molar-refractivity contribution is -0.118. The van der Waals surface area contributed by atoms with Crippen molar-refractivity contribution in [2.75, 3.05) is 62.8 Å². The summed E-state index contributed by atoms with van der Waals surface area (Å²) in [4.78, 5) is 37.5. The zero-order valence-electron chi connectivity index (χ0n) is 11.7. The number of nitrogens with one attached hydrogen (secondary N) is 1. The molecule has 0 unspecified atom stereocenters. The molecule has 1 aliphatic heterocycles. The van der Waals surface area contributed by atoms with Crippen LogP contribution in [0.5, 0.6) is 0 Å². The summed E-state index contributed by atoms with van der Waals surface area (Å²) in [7, 11) is 0. The van der Waals surface area contributed by atoms with Crippen LogP contribution in [-0.4, -0.2) is 69.0 Å². The fourth-order valence-electron chi connectivity index (χ4n) is 2.31. The van der Waals surface area contributed by atoms with Crippen molar-refractivity contribution in [1.82, 2.24) is 4.90 Å². The molecular weight excluding hydrogens is 278 g/mol. The molecule has 1 aromatic carbocycles. The summed E-state index contributed by atoms with van der Waals surface area (Å²) in [5, 5.41) is 11.5. The Morgan fingerprint density at radius 1 is 1.14 bits per heavy atom. The second kappa shape index (κ2) is 7.19. The van der Waals surface area contributed by atoms with E-state index in [2.05, 4.69) is 5.32 Å². The van der Waals surface area contributed by atoms with Gasteiger partial charge in [-0.05, 0) is 0 Å². The maximum absolute atomic E-state index is 11.7. The number of ether oxygens (including phenoxy) is 1. The Balaban J connectivity index is 1.92. The van der Waals surface area contributed by atoms with Crippen LogP contribution in [-0.2, 0) is 9.53 Å². The third-order valence-corrected chi connectivity index (χ3v) is 3.45. The highest BCUT2D eigenvalue weighted by atomic mass is 16.5. The molecule has 8 nitrogen and oxygen atoms in total. The first kappa shape index (κ1) is 15.5. The summed E-state index contributed by atoms with van der Waals surface area (Å²) in [6.45, 7) is 3.10. The van der Waals surface area contributed by atoms with Crippen molar-refractivity contribution in [2.24, 2.45) is 0 Å². The molecule has 0 aliphatic carbocycles. The first-order valence-corrected chi connectivity index (χ1v) is 6.89. The lowest BCUT2D eigenvalue weighted by atomic mass is 10.1. The lowest BCUT2D eigenvalue weighted by Gasteiger charge is -2.35. The minimum Gasteiger partial charge on any atom is -0.394 e. The number of aliphatic hydroxyl groups excluding tert-OH is 1. The van der Waals surface area contributed by atoms with Crippen LogP contribution in [0.3, 0.4) is 0 Å². The maximum Gasteiger partial charge on any atom is 0.253 e. The Morgan fingerprint density at radius 2 is 1.86 bits per heavy atom. The van der Waals surface area contributed by atoms with E-state index in [1.54, 1.807) is 4.90 Å². The SMILES string of the molecule is O=CN1CCN(c2c(NCCOCCO)c(=O)c2=O)CC1. The van der Waals surface area contributed by atoms with Gasteiger partial charge in [0.25, 0.3) is 10.9 Å². The average Bonchev–Trinajstić information content (AvgIpc) is 2.53. The number of amides is 1. The third-order valence-electron chi connectivity index (χ3n) is 3.45.